The molecule has 0 aromatic carbocycles. The zero-order chi connectivity index (χ0) is 8.10. The van der Waals surface area contributed by atoms with Gasteiger partial charge in [-0.1, -0.05) is 5.92 Å². The number of hydrogen-bond donors (Lipinski definition) is 0. The molecular weight excluding hydrogens is 140 g/mol. The van der Waals surface area contributed by atoms with E-state index in [1.165, 1.54) is 12.4 Å². The normalized spacial score (nSPS) is 8.09. The molecule has 3 heteroatoms. The molecule has 0 aliphatic carbocycles. The van der Waals surface area contributed by atoms with Gasteiger partial charge in [-0.05, 0) is 18.9 Å². The molecular formula is C8H6N2O. The molecule has 0 aliphatic heterocycles. The van der Waals surface area contributed by atoms with E-state index in [-0.39, 0.29) is 11.6 Å². The first-order valence-corrected chi connectivity index (χ1v) is 3.08. The predicted octanol–water partition coefficient (Wildman–Crippen LogP) is 0.683. The first-order chi connectivity index (χ1) is 5.34. The molecule has 11 heavy (non-hydrogen) atoms. The maximum Gasteiger partial charge on any atom is 0.273 e. The molecule has 0 aliphatic rings. The lowest BCUT2D eigenvalue weighted by atomic mass is 10.3. The minimum atomic E-state index is -0.340. The highest BCUT2D eigenvalue weighted by molar-refractivity contribution is 6.06. The molecule has 1 aromatic rings. The van der Waals surface area contributed by atoms with Crippen molar-refractivity contribution in [1.82, 2.24) is 9.97 Å². The molecule has 0 saturated carbocycles. The second kappa shape index (κ2) is 3.47. The Morgan fingerprint density at radius 2 is 2.09 bits per heavy atom. The average molecular weight is 146 g/mol. The molecule has 1 aromatic heterocycles. The summed E-state index contributed by atoms with van der Waals surface area (Å²) in [6, 6.07) is 1.65. The van der Waals surface area contributed by atoms with Gasteiger partial charge in [-0.25, -0.2) is 9.97 Å². The van der Waals surface area contributed by atoms with Crippen LogP contribution in [-0.2, 0) is 0 Å². The summed E-state index contributed by atoms with van der Waals surface area (Å²) >= 11 is 0. The van der Waals surface area contributed by atoms with Crippen molar-refractivity contribution in [3.8, 4) is 11.8 Å². The van der Waals surface area contributed by atoms with Crippen LogP contribution in [-0.4, -0.2) is 15.8 Å². The van der Waals surface area contributed by atoms with Crippen LogP contribution in [0.3, 0.4) is 0 Å². The number of aromatic nitrogens is 2. The van der Waals surface area contributed by atoms with Crippen LogP contribution in [0, 0.1) is 11.8 Å². The van der Waals surface area contributed by atoms with E-state index >= 15 is 0 Å². The lowest BCUT2D eigenvalue weighted by Gasteiger charge is -1.87. The minimum Gasteiger partial charge on any atom is -0.276 e. The first kappa shape index (κ1) is 7.42. The van der Waals surface area contributed by atoms with Crippen molar-refractivity contribution in [2.45, 2.75) is 6.92 Å². The van der Waals surface area contributed by atoms with Crippen LogP contribution in [0.4, 0.5) is 0 Å². The van der Waals surface area contributed by atoms with E-state index in [4.69, 9.17) is 0 Å². The molecule has 54 valence electrons. The van der Waals surface area contributed by atoms with Crippen molar-refractivity contribution in [1.29, 1.82) is 0 Å². The highest BCUT2D eigenvalue weighted by atomic mass is 16.1. The molecule has 0 spiro atoms. The van der Waals surface area contributed by atoms with Crippen molar-refractivity contribution in [2.24, 2.45) is 0 Å². The van der Waals surface area contributed by atoms with Crippen LogP contribution in [0.15, 0.2) is 18.5 Å². The standard InChI is InChI=1S/C8H6N2O/c1-2-4-7(11)8-9-5-3-6-10-8/h3,5-6H,1H3. The van der Waals surface area contributed by atoms with Gasteiger partial charge in [-0.2, -0.15) is 0 Å². The van der Waals surface area contributed by atoms with Gasteiger partial charge in [0.2, 0.25) is 5.82 Å². The highest BCUT2D eigenvalue weighted by Gasteiger charge is 2.01. The molecule has 0 fully saturated rings. The maximum absolute atomic E-state index is 10.9. The van der Waals surface area contributed by atoms with Crippen molar-refractivity contribution >= 4 is 5.78 Å². The molecule has 1 heterocycles. The Kier molecular flexibility index (Phi) is 2.34. The fraction of sp³-hybridized carbons (Fsp3) is 0.125. The van der Waals surface area contributed by atoms with E-state index in [0.29, 0.717) is 0 Å². The molecule has 1 rings (SSSR count). The summed E-state index contributed by atoms with van der Waals surface area (Å²) in [5, 5.41) is 0. The van der Waals surface area contributed by atoms with Gasteiger partial charge in [-0.15, -0.1) is 0 Å². The van der Waals surface area contributed by atoms with Gasteiger partial charge in [0.05, 0.1) is 0 Å². The number of rotatable bonds is 1. The number of hydrogen-bond acceptors (Lipinski definition) is 3. The van der Waals surface area contributed by atoms with E-state index < -0.39 is 0 Å². The Balaban J connectivity index is 2.92. The Hall–Kier alpha value is -1.69. The summed E-state index contributed by atoms with van der Waals surface area (Å²) in [4.78, 5) is 18.4. The van der Waals surface area contributed by atoms with Crippen LogP contribution >= 0.6 is 0 Å². The lowest BCUT2D eigenvalue weighted by Crippen LogP contribution is -2.00. The van der Waals surface area contributed by atoms with Gasteiger partial charge in [0.15, 0.2) is 0 Å². The van der Waals surface area contributed by atoms with Gasteiger partial charge < -0.3 is 0 Å². The third-order valence-electron chi connectivity index (χ3n) is 1.01. The Morgan fingerprint density at radius 1 is 1.45 bits per heavy atom. The van der Waals surface area contributed by atoms with Crippen LogP contribution in [0.1, 0.15) is 17.5 Å². The quantitative estimate of drug-likeness (QED) is 0.332. The largest absolute Gasteiger partial charge is 0.276 e. The zero-order valence-corrected chi connectivity index (χ0v) is 6.03. The van der Waals surface area contributed by atoms with Gasteiger partial charge in [-0.3, -0.25) is 4.79 Å². The molecule has 0 saturated heterocycles. The second-order valence-corrected chi connectivity index (χ2v) is 1.78. The molecule has 0 bridgehead atoms. The van der Waals surface area contributed by atoms with Gasteiger partial charge in [0, 0.05) is 12.4 Å². The lowest BCUT2D eigenvalue weighted by molar-refractivity contribution is 0.104. The SMILES string of the molecule is CC#CC(=O)c1ncccn1. The molecule has 0 unspecified atom stereocenters. The van der Waals surface area contributed by atoms with Crippen molar-refractivity contribution < 1.29 is 4.79 Å². The second-order valence-electron chi connectivity index (χ2n) is 1.78. The summed E-state index contributed by atoms with van der Waals surface area (Å²) < 4.78 is 0. The van der Waals surface area contributed by atoms with E-state index in [1.807, 2.05) is 0 Å². The van der Waals surface area contributed by atoms with E-state index in [1.54, 1.807) is 13.0 Å². The summed E-state index contributed by atoms with van der Waals surface area (Å²) in [6.45, 7) is 1.60. The highest BCUT2D eigenvalue weighted by Crippen LogP contribution is 1.87. The van der Waals surface area contributed by atoms with E-state index in [0.717, 1.165) is 0 Å². The van der Waals surface area contributed by atoms with E-state index in [2.05, 4.69) is 21.8 Å². The van der Waals surface area contributed by atoms with Crippen molar-refractivity contribution in [3.63, 3.8) is 0 Å². The minimum absolute atomic E-state index is 0.154. The Labute approximate surface area is 64.5 Å². The van der Waals surface area contributed by atoms with Crippen molar-refractivity contribution in [3.05, 3.63) is 24.3 Å². The van der Waals surface area contributed by atoms with Crippen molar-refractivity contribution in [2.75, 3.05) is 0 Å². The molecule has 0 amide bonds. The summed E-state index contributed by atoms with van der Waals surface area (Å²) in [7, 11) is 0. The van der Waals surface area contributed by atoms with Crippen LogP contribution in [0.25, 0.3) is 0 Å². The van der Waals surface area contributed by atoms with Crippen LogP contribution in [0.2, 0.25) is 0 Å². The summed E-state index contributed by atoms with van der Waals surface area (Å²) in [5.41, 5.74) is 0. The fourth-order valence-corrected chi connectivity index (χ4v) is 0.586. The Bertz CT molecular complexity index is 308. The number of Topliss-reactive ketones (excluding diaryl/α,β-unsaturated/α-hetero) is 1. The maximum atomic E-state index is 10.9. The van der Waals surface area contributed by atoms with Gasteiger partial charge in [0.25, 0.3) is 5.78 Å². The number of carbonyl (C=O) groups excluding carboxylic acids is 1. The number of nitrogens with zero attached hydrogens (tertiary/aromatic N) is 2. The van der Waals surface area contributed by atoms with E-state index in [9.17, 15) is 4.79 Å². The number of ketones is 1. The third-order valence-corrected chi connectivity index (χ3v) is 1.01. The predicted molar refractivity (Wildman–Crippen MR) is 39.8 cm³/mol. The third kappa shape index (κ3) is 1.87. The molecule has 3 nitrogen and oxygen atoms in total. The smallest absolute Gasteiger partial charge is 0.273 e. The zero-order valence-electron chi connectivity index (χ0n) is 6.03. The summed E-state index contributed by atoms with van der Waals surface area (Å²) in [5.74, 6) is 4.65. The van der Waals surface area contributed by atoms with Crippen LogP contribution in [0.5, 0.6) is 0 Å². The fourth-order valence-electron chi connectivity index (χ4n) is 0.586. The first-order valence-electron chi connectivity index (χ1n) is 3.08. The molecule has 0 atom stereocenters. The van der Waals surface area contributed by atoms with Crippen LogP contribution < -0.4 is 0 Å². The Morgan fingerprint density at radius 3 is 2.64 bits per heavy atom. The van der Waals surface area contributed by atoms with Gasteiger partial charge in [0.1, 0.15) is 0 Å². The topological polar surface area (TPSA) is 42.9 Å². The number of carbonyl (C=O) groups is 1. The average Bonchev–Trinajstić information content (AvgIpc) is 2.07. The molecule has 0 N–H and O–H groups in total. The molecule has 0 radical (unpaired) electrons. The van der Waals surface area contributed by atoms with Gasteiger partial charge >= 0.3 is 0 Å². The summed E-state index contributed by atoms with van der Waals surface area (Å²) in [6.07, 6.45) is 3.02. The monoisotopic (exact) mass is 146 g/mol.